The van der Waals surface area contributed by atoms with Crippen molar-refractivity contribution in [2.24, 2.45) is 17.6 Å². The fraction of sp³-hybridized carbons (Fsp3) is 0.632. The molecule has 3 rings (SSSR count). The molecule has 1 amide bonds. The number of likely N-dealkylation sites (tertiary alicyclic amines) is 1. The van der Waals surface area contributed by atoms with Crippen LogP contribution in [0.15, 0.2) is 29.2 Å². The molecule has 2 aliphatic rings. The van der Waals surface area contributed by atoms with E-state index in [0.717, 1.165) is 25.7 Å². The van der Waals surface area contributed by atoms with Gasteiger partial charge in [0.25, 0.3) is 5.91 Å². The quantitative estimate of drug-likeness (QED) is 0.817. The Balaban J connectivity index is 0.00000261. The van der Waals surface area contributed by atoms with Gasteiger partial charge in [0.15, 0.2) is 0 Å². The molecular formula is C19H30ClN3O3S. The highest BCUT2D eigenvalue weighted by Crippen LogP contribution is 2.24. The summed E-state index contributed by atoms with van der Waals surface area (Å²) in [5.74, 6) is 1.04. The monoisotopic (exact) mass is 415 g/mol. The summed E-state index contributed by atoms with van der Waals surface area (Å²) in [6.45, 7) is 5.39. The summed E-state index contributed by atoms with van der Waals surface area (Å²) >= 11 is 0. The second kappa shape index (κ2) is 9.37. The minimum Gasteiger partial charge on any atom is -0.339 e. The molecule has 0 aliphatic carbocycles. The first-order valence-corrected chi connectivity index (χ1v) is 11.0. The van der Waals surface area contributed by atoms with E-state index in [4.69, 9.17) is 5.73 Å². The molecule has 27 heavy (non-hydrogen) atoms. The van der Waals surface area contributed by atoms with Gasteiger partial charge in [-0.1, -0.05) is 6.92 Å². The van der Waals surface area contributed by atoms with Crippen molar-refractivity contribution >= 4 is 28.3 Å². The summed E-state index contributed by atoms with van der Waals surface area (Å²) in [6.07, 6.45) is 3.66. The second-order valence-corrected chi connectivity index (χ2v) is 9.52. The second-order valence-electron chi connectivity index (χ2n) is 7.58. The van der Waals surface area contributed by atoms with E-state index in [-0.39, 0.29) is 23.2 Å². The fourth-order valence-corrected chi connectivity index (χ4v) is 5.17. The molecule has 6 nitrogen and oxygen atoms in total. The lowest BCUT2D eigenvalue weighted by molar-refractivity contribution is 0.0693. The van der Waals surface area contributed by atoms with Gasteiger partial charge in [-0.2, -0.15) is 4.31 Å². The lowest BCUT2D eigenvalue weighted by atomic mass is 9.96. The summed E-state index contributed by atoms with van der Waals surface area (Å²) in [7, 11) is -3.47. The zero-order valence-electron chi connectivity index (χ0n) is 15.8. The summed E-state index contributed by atoms with van der Waals surface area (Å²) < 4.78 is 27.1. The number of piperidine rings is 2. The van der Waals surface area contributed by atoms with E-state index >= 15 is 0 Å². The third-order valence-electron chi connectivity index (χ3n) is 5.72. The first-order chi connectivity index (χ1) is 12.4. The number of rotatable bonds is 4. The number of nitrogens with two attached hydrogens (primary N) is 1. The van der Waals surface area contributed by atoms with E-state index in [2.05, 4.69) is 6.92 Å². The van der Waals surface area contributed by atoms with Gasteiger partial charge in [-0.05, 0) is 68.3 Å². The van der Waals surface area contributed by atoms with Gasteiger partial charge in [0.1, 0.15) is 0 Å². The largest absolute Gasteiger partial charge is 0.339 e. The number of carbonyl (C=O) groups excluding carboxylic acids is 1. The molecule has 0 unspecified atom stereocenters. The van der Waals surface area contributed by atoms with Crippen LogP contribution in [0.4, 0.5) is 0 Å². The molecule has 2 N–H and O–H groups in total. The standard InChI is InChI=1S/C19H29N3O3S.ClH/c1-15-6-12-22(13-7-15)26(24,25)18-4-2-17(3-5-18)19(23)21-10-8-16(14-20)9-11-21;/h2-5,15-16H,6-14,20H2,1H3;1H. The molecule has 1 aromatic rings. The normalized spacial score (nSPS) is 20.3. The van der Waals surface area contributed by atoms with Crippen LogP contribution in [-0.4, -0.2) is 56.3 Å². The highest BCUT2D eigenvalue weighted by atomic mass is 35.5. The molecule has 2 fully saturated rings. The predicted molar refractivity (Wildman–Crippen MR) is 109 cm³/mol. The van der Waals surface area contributed by atoms with Crippen molar-refractivity contribution < 1.29 is 13.2 Å². The van der Waals surface area contributed by atoms with Gasteiger partial charge in [0, 0.05) is 31.7 Å². The van der Waals surface area contributed by atoms with Crippen LogP contribution in [0.1, 0.15) is 43.0 Å². The van der Waals surface area contributed by atoms with Crippen LogP contribution < -0.4 is 5.73 Å². The maximum atomic E-state index is 12.8. The van der Waals surface area contributed by atoms with Crippen molar-refractivity contribution in [3.63, 3.8) is 0 Å². The molecule has 2 aliphatic heterocycles. The number of benzene rings is 1. The Morgan fingerprint density at radius 3 is 2.11 bits per heavy atom. The summed E-state index contributed by atoms with van der Waals surface area (Å²) in [4.78, 5) is 14.7. The number of carbonyl (C=O) groups is 1. The lowest BCUT2D eigenvalue weighted by Gasteiger charge is -2.31. The first-order valence-electron chi connectivity index (χ1n) is 9.51. The molecule has 0 radical (unpaired) electrons. The number of hydrogen-bond acceptors (Lipinski definition) is 4. The van der Waals surface area contributed by atoms with E-state index in [1.807, 2.05) is 4.90 Å². The zero-order chi connectivity index (χ0) is 18.7. The predicted octanol–water partition coefficient (Wildman–Crippen LogP) is 2.34. The van der Waals surface area contributed by atoms with Gasteiger partial charge in [0.2, 0.25) is 10.0 Å². The van der Waals surface area contributed by atoms with Crippen LogP contribution >= 0.6 is 12.4 Å². The number of amides is 1. The number of halogens is 1. The smallest absolute Gasteiger partial charge is 0.253 e. The van der Waals surface area contributed by atoms with E-state index in [9.17, 15) is 13.2 Å². The molecule has 0 spiro atoms. The Morgan fingerprint density at radius 2 is 1.59 bits per heavy atom. The maximum absolute atomic E-state index is 12.8. The Hall–Kier alpha value is -1.15. The van der Waals surface area contributed by atoms with Crippen LogP contribution in [-0.2, 0) is 10.0 Å². The molecular weight excluding hydrogens is 386 g/mol. The van der Waals surface area contributed by atoms with Crippen LogP contribution in [0.3, 0.4) is 0 Å². The van der Waals surface area contributed by atoms with Crippen molar-refractivity contribution in [2.45, 2.75) is 37.5 Å². The maximum Gasteiger partial charge on any atom is 0.253 e. The van der Waals surface area contributed by atoms with Gasteiger partial charge in [-0.25, -0.2) is 8.42 Å². The average molecular weight is 416 g/mol. The van der Waals surface area contributed by atoms with E-state index in [1.54, 1.807) is 28.6 Å². The van der Waals surface area contributed by atoms with Crippen molar-refractivity contribution in [3.8, 4) is 0 Å². The molecule has 0 bridgehead atoms. The van der Waals surface area contributed by atoms with Gasteiger partial charge >= 0.3 is 0 Å². The Morgan fingerprint density at radius 1 is 1.04 bits per heavy atom. The summed E-state index contributed by atoms with van der Waals surface area (Å²) in [5.41, 5.74) is 6.24. The lowest BCUT2D eigenvalue weighted by Crippen LogP contribution is -2.40. The van der Waals surface area contributed by atoms with Gasteiger partial charge in [0.05, 0.1) is 4.90 Å². The molecule has 152 valence electrons. The Bertz CT molecular complexity index is 723. The van der Waals surface area contributed by atoms with Crippen molar-refractivity contribution in [2.75, 3.05) is 32.7 Å². The Labute approximate surface area is 168 Å². The SMILES string of the molecule is CC1CCN(S(=O)(=O)c2ccc(C(=O)N3CCC(CN)CC3)cc2)CC1.Cl. The molecule has 0 aromatic heterocycles. The number of sulfonamides is 1. The first kappa shape index (κ1) is 22.1. The number of nitrogens with zero attached hydrogens (tertiary/aromatic N) is 2. The van der Waals surface area contributed by atoms with Crippen LogP contribution in [0.25, 0.3) is 0 Å². The van der Waals surface area contributed by atoms with Gasteiger partial charge in [-0.3, -0.25) is 4.79 Å². The highest BCUT2D eigenvalue weighted by Gasteiger charge is 2.28. The molecule has 0 saturated carbocycles. The highest BCUT2D eigenvalue weighted by molar-refractivity contribution is 7.89. The third kappa shape index (κ3) is 5.02. The van der Waals surface area contributed by atoms with Crippen molar-refractivity contribution in [1.82, 2.24) is 9.21 Å². The fourth-order valence-electron chi connectivity index (χ4n) is 3.70. The van der Waals surface area contributed by atoms with Gasteiger partial charge < -0.3 is 10.6 Å². The van der Waals surface area contributed by atoms with E-state index < -0.39 is 10.0 Å². The topological polar surface area (TPSA) is 83.7 Å². The molecule has 1 aromatic carbocycles. The molecule has 0 atom stereocenters. The molecule has 8 heteroatoms. The van der Waals surface area contributed by atoms with Crippen LogP contribution in [0, 0.1) is 11.8 Å². The van der Waals surface area contributed by atoms with E-state index in [1.165, 1.54) is 0 Å². The molecule has 2 saturated heterocycles. The third-order valence-corrected chi connectivity index (χ3v) is 7.63. The summed E-state index contributed by atoms with van der Waals surface area (Å²) in [6, 6.07) is 6.40. The zero-order valence-corrected chi connectivity index (χ0v) is 17.5. The Kier molecular flexibility index (Phi) is 7.68. The van der Waals surface area contributed by atoms with Crippen LogP contribution in [0.5, 0.6) is 0 Å². The van der Waals surface area contributed by atoms with Crippen molar-refractivity contribution in [1.29, 1.82) is 0 Å². The molecule has 2 heterocycles. The summed E-state index contributed by atoms with van der Waals surface area (Å²) in [5, 5.41) is 0. The minimum atomic E-state index is -3.47. The van der Waals surface area contributed by atoms with Crippen LogP contribution in [0.2, 0.25) is 0 Å². The van der Waals surface area contributed by atoms with E-state index in [0.29, 0.717) is 50.1 Å². The minimum absolute atomic E-state index is 0. The van der Waals surface area contributed by atoms with Crippen molar-refractivity contribution in [3.05, 3.63) is 29.8 Å². The number of hydrogen-bond donors (Lipinski definition) is 1. The average Bonchev–Trinajstić information content (AvgIpc) is 2.68. The van der Waals surface area contributed by atoms with Gasteiger partial charge in [-0.15, -0.1) is 12.4 Å².